The number of hydrogen-bond donors (Lipinski definition) is 2. The molecule has 0 aliphatic carbocycles. The van der Waals surface area contributed by atoms with Crippen molar-refractivity contribution in [2.24, 2.45) is 0 Å². The number of ether oxygens (including phenoxy) is 1. The number of nitrogens with one attached hydrogen (secondary N) is 2. The molecule has 2 rings (SSSR count). The van der Waals surface area contributed by atoms with E-state index in [1.807, 2.05) is 81.4 Å². The van der Waals surface area contributed by atoms with Crippen LogP contribution >= 0.6 is 0 Å². The van der Waals surface area contributed by atoms with E-state index in [1.165, 1.54) is 0 Å². The summed E-state index contributed by atoms with van der Waals surface area (Å²) in [6.07, 6.45) is 0.405. The van der Waals surface area contributed by atoms with E-state index in [-0.39, 0.29) is 11.9 Å². The smallest absolute Gasteiger partial charge is 0.407 e. The van der Waals surface area contributed by atoms with Gasteiger partial charge in [-0.05, 0) is 38.3 Å². The molecule has 0 unspecified atom stereocenters. The van der Waals surface area contributed by atoms with Gasteiger partial charge in [0.2, 0.25) is 5.91 Å². The molecule has 0 saturated heterocycles. The normalized spacial score (nSPS) is 11.1. The topological polar surface area (TPSA) is 67.4 Å². The second kappa shape index (κ2) is 9.76. The predicted octanol–water partition coefficient (Wildman–Crippen LogP) is 4.20. The minimum Gasteiger partial charge on any atom is -0.444 e. The van der Waals surface area contributed by atoms with Gasteiger partial charge in [0.05, 0.1) is 6.04 Å². The van der Waals surface area contributed by atoms with E-state index >= 15 is 0 Å². The highest BCUT2D eigenvalue weighted by molar-refractivity contribution is 5.77. The molecule has 2 amide bonds. The Morgan fingerprint density at radius 1 is 0.926 bits per heavy atom. The van der Waals surface area contributed by atoms with Crippen molar-refractivity contribution in [3.8, 4) is 0 Å². The van der Waals surface area contributed by atoms with Crippen LogP contribution in [0.1, 0.15) is 50.8 Å². The van der Waals surface area contributed by atoms with Gasteiger partial charge >= 0.3 is 6.09 Å². The Labute approximate surface area is 161 Å². The highest BCUT2D eigenvalue weighted by atomic mass is 16.6. The van der Waals surface area contributed by atoms with Crippen LogP contribution in [-0.2, 0) is 9.53 Å². The molecule has 5 heteroatoms. The third-order valence-electron chi connectivity index (χ3n) is 3.82. The van der Waals surface area contributed by atoms with Crippen molar-refractivity contribution < 1.29 is 14.3 Å². The van der Waals surface area contributed by atoms with Crippen LogP contribution in [0.5, 0.6) is 0 Å². The molecule has 2 N–H and O–H groups in total. The molecule has 0 radical (unpaired) electrons. The minimum atomic E-state index is -0.528. The average molecular weight is 368 g/mol. The molecule has 0 bridgehead atoms. The summed E-state index contributed by atoms with van der Waals surface area (Å²) in [6.45, 7) is 5.83. The van der Waals surface area contributed by atoms with E-state index in [0.717, 1.165) is 11.1 Å². The summed E-state index contributed by atoms with van der Waals surface area (Å²) in [5.74, 6) is -0.0568. The van der Waals surface area contributed by atoms with E-state index < -0.39 is 11.7 Å². The number of hydrogen-bond acceptors (Lipinski definition) is 3. The molecule has 0 aliphatic heterocycles. The van der Waals surface area contributed by atoms with Gasteiger partial charge in [0, 0.05) is 13.0 Å². The van der Waals surface area contributed by atoms with Crippen molar-refractivity contribution >= 4 is 12.0 Å². The molecule has 2 aromatic rings. The fourth-order valence-corrected chi connectivity index (χ4v) is 2.64. The molecule has 0 heterocycles. The molecule has 5 nitrogen and oxygen atoms in total. The summed E-state index contributed by atoms with van der Waals surface area (Å²) in [6, 6.07) is 19.6. The average Bonchev–Trinajstić information content (AvgIpc) is 2.63. The fourth-order valence-electron chi connectivity index (χ4n) is 2.64. The first-order chi connectivity index (χ1) is 12.8. The summed E-state index contributed by atoms with van der Waals surface area (Å²) in [4.78, 5) is 24.0. The van der Waals surface area contributed by atoms with E-state index in [9.17, 15) is 9.59 Å². The molecule has 0 aliphatic rings. The zero-order chi connectivity index (χ0) is 19.7. The second-order valence-corrected chi connectivity index (χ2v) is 7.35. The lowest BCUT2D eigenvalue weighted by Gasteiger charge is -2.20. The second-order valence-electron chi connectivity index (χ2n) is 7.35. The van der Waals surface area contributed by atoms with Crippen LogP contribution < -0.4 is 10.6 Å². The molecule has 0 atom stereocenters. The summed E-state index contributed by atoms with van der Waals surface area (Å²) in [5, 5.41) is 5.76. The van der Waals surface area contributed by atoms with Crippen LogP contribution in [0, 0.1) is 0 Å². The lowest BCUT2D eigenvalue weighted by molar-refractivity contribution is -0.121. The van der Waals surface area contributed by atoms with Crippen molar-refractivity contribution in [3.63, 3.8) is 0 Å². The number of carbonyl (C=O) groups excluding carboxylic acids is 2. The van der Waals surface area contributed by atoms with Gasteiger partial charge in [0.25, 0.3) is 0 Å². The Bertz CT molecular complexity index is 685. The molecule has 0 spiro atoms. The van der Waals surface area contributed by atoms with Gasteiger partial charge < -0.3 is 15.4 Å². The van der Waals surface area contributed by atoms with E-state index in [4.69, 9.17) is 4.74 Å². The summed E-state index contributed by atoms with van der Waals surface area (Å²) >= 11 is 0. The van der Waals surface area contributed by atoms with Crippen molar-refractivity contribution in [1.82, 2.24) is 10.6 Å². The van der Waals surface area contributed by atoms with Crippen molar-refractivity contribution in [2.45, 2.75) is 45.3 Å². The molecule has 2 aromatic carbocycles. The Balaban J connectivity index is 1.87. The van der Waals surface area contributed by atoms with Gasteiger partial charge in [-0.2, -0.15) is 0 Å². The van der Waals surface area contributed by atoms with Crippen molar-refractivity contribution in [3.05, 3.63) is 71.8 Å². The molecule has 0 saturated carbocycles. The van der Waals surface area contributed by atoms with Crippen LogP contribution in [0.3, 0.4) is 0 Å². The Morgan fingerprint density at radius 2 is 1.44 bits per heavy atom. The zero-order valence-electron chi connectivity index (χ0n) is 16.2. The van der Waals surface area contributed by atoms with Crippen LogP contribution in [0.2, 0.25) is 0 Å². The molecule has 0 aromatic heterocycles. The number of alkyl carbamates (subject to hydrolysis) is 1. The van der Waals surface area contributed by atoms with Crippen molar-refractivity contribution in [2.75, 3.05) is 6.54 Å². The zero-order valence-corrected chi connectivity index (χ0v) is 16.2. The summed E-state index contributed by atoms with van der Waals surface area (Å²) < 4.78 is 5.17. The first-order valence-corrected chi connectivity index (χ1v) is 9.21. The summed E-state index contributed by atoms with van der Waals surface area (Å²) in [5.41, 5.74) is 1.54. The van der Waals surface area contributed by atoms with Gasteiger partial charge in [-0.1, -0.05) is 60.7 Å². The van der Waals surface area contributed by atoms with Crippen LogP contribution in [0.25, 0.3) is 0 Å². The van der Waals surface area contributed by atoms with E-state index in [2.05, 4.69) is 10.6 Å². The molecular formula is C22H28N2O3. The number of amides is 2. The first kappa shape index (κ1) is 20.5. The quantitative estimate of drug-likeness (QED) is 0.720. The third-order valence-corrected chi connectivity index (χ3v) is 3.82. The minimum absolute atomic E-state index is 0.0568. The van der Waals surface area contributed by atoms with Gasteiger partial charge in [0.15, 0.2) is 0 Å². The van der Waals surface area contributed by atoms with Crippen LogP contribution in [-0.4, -0.2) is 24.1 Å². The Morgan fingerprint density at radius 3 is 1.93 bits per heavy atom. The standard InChI is InChI=1S/C22H28N2O3/c1-22(2,3)27-21(26)23-16-10-15-19(25)24-20(17-11-6-4-7-12-17)18-13-8-5-9-14-18/h4-9,11-14,20H,10,15-16H2,1-3H3,(H,23,26)(H,24,25). The van der Waals surface area contributed by atoms with Crippen LogP contribution in [0.4, 0.5) is 4.79 Å². The predicted molar refractivity (Wildman–Crippen MR) is 106 cm³/mol. The molecule has 27 heavy (non-hydrogen) atoms. The third kappa shape index (κ3) is 7.52. The maximum absolute atomic E-state index is 12.4. The largest absolute Gasteiger partial charge is 0.444 e. The fraction of sp³-hybridized carbons (Fsp3) is 0.364. The van der Waals surface area contributed by atoms with Gasteiger partial charge in [0.1, 0.15) is 5.60 Å². The molecular weight excluding hydrogens is 340 g/mol. The molecule has 144 valence electrons. The van der Waals surface area contributed by atoms with Crippen molar-refractivity contribution in [1.29, 1.82) is 0 Å². The number of rotatable bonds is 7. The number of benzene rings is 2. The highest BCUT2D eigenvalue weighted by Gasteiger charge is 2.17. The Hall–Kier alpha value is -2.82. The summed E-state index contributed by atoms with van der Waals surface area (Å²) in [7, 11) is 0. The SMILES string of the molecule is CC(C)(C)OC(=O)NCCCC(=O)NC(c1ccccc1)c1ccccc1. The van der Waals surface area contributed by atoms with Gasteiger partial charge in [-0.3, -0.25) is 4.79 Å². The lowest BCUT2D eigenvalue weighted by Crippen LogP contribution is -2.34. The van der Waals surface area contributed by atoms with E-state index in [0.29, 0.717) is 19.4 Å². The first-order valence-electron chi connectivity index (χ1n) is 9.21. The Kier molecular flexibility index (Phi) is 7.41. The maximum Gasteiger partial charge on any atom is 0.407 e. The molecule has 0 fully saturated rings. The van der Waals surface area contributed by atoms with Gasteiger partial charge in [-0.25, -0.2) is 4.79 Å². The lowest BCUT2D eigenvalue weighted by atomic mass is 9.98. The highest BCUT2D eigenvalue weighted by Crippen LogP contribution is 2.21. The monoisotopic (exact) mass is 368 g/mol. The number of carbonyl (C=O) groups is 2. The van der Waals surface area contributed by atoms with Crippen LogP contribution in [0.15, 0.2) is 60.7 Å². The van der Waals surface area contributed by atoms with E-state index in [1.54, 1.807) is 0 Å². The maximum atomic E-state index is 12.4. The van der Waals surface area contributed by atoms with Gasteiger partial charge in [-0.15, -0.1) is 0 Å².